The summed E-state index contributed by atoms with van der Waals surface area (Å²) >= 11 is 0. The SMILES string of the molecule is CC(C)(C)C(=O)OC[C@H]1O[C@H](O)[C@@H]2OC(=O)C=C2[C@@H]1O. The van der Waals surface area contributed by atoms with Gasteiger partial charge in [0.25, 0.3) is 0 Å². The topological polar surface area (TPSA) is 102 Å². The number of carbonyl (C=O) groups is 2. The van der Waals surface area contributed by atoms with Crippen LogP contribution in [0.3, 0.4) is 0 Å². The highest BCUT2D eigenvalue weighted by molar-refractivity contribution is 5.86. The summed E-state index contributed by atoms with van der Waals surface area (Å²) in [5.74, 6) is -1.09. The number of esters is 2. The van der Waals surface area contributed by atoms with E-state index in [9.17, 15) is 19.8 Å². The van der Waals surface area contributed by atoms with Crippen LogP contribution in [0.25, 0.3) is 0 Å². The van der Waals surface area contributed by atoms with Gasteiger partial charge in [0.15, 0.2) is 12.4 Å². The molecule has 0 radical (unpaired) electrons. The first-order valence-electron chi connectivity index (χ1n) is 6.31. The van der Waals surface area contributed by atoms with E-state index in [1.54, 1.807) is 20.8 Å². The summed E-state index contributed by atoms with van der Waals surface area (Å²) in [5.41, 5.74) is -0.433. The minimum absolute atomic E-state index is 0.216. The molecular weight excluding hydrogens is 268 g/mol. The van der Waals surface area contributed by atoms with Crippen molar-refractivity contribution < 1.29 is 34.0 Å². The van der Waals surface area contributed by atoms with Gasteiger partial charge in [-0.2, -0.15) is 0 Å². The zero-order chi connectivity index (χ0) is 15.1. The summed E-state index contributed by atoms with van der Waals surface area (Å²) < 4.78 is 15.0. The van der Waals surface area contributed by atoms with Gasteiger partial charge >= 0.3 is 11.9 Å². The maximum Gasteiger partial charge on any atom is 0.331 e. The molecule has 0 aromatic rings. The van der Waals surface area contributed by atoms with E-state index in [1.165, 1.54) is 0 Å². The Bertz CT molecular complexity index is 448. The number of fused-ring (bicyclic) bond motifs is 1. The van der Waals surface area contributed by atoms with Crippen LogP contribution in [0, 0.1) is 5.41 Å². The molecule has 1 fully saturated rings. The van der Waals surface area contributed by atoms with Crippen LogP contribution in [0.4, 0.5) is 0 Å². The fourth-order valence-electron chi connectivity index (χ4n) is 1.97. The van der Waals surface area contributed by atoms with Crippen molar-refractivity contribution >= 4 is 11.9 Å². The second-order valence-corrected chi connectivity index (χ2v) is 5.86. The molecule has 4 atom stereocenters. The van der Waals surface area contributed by atoms with Crippen molar-refractivity contribution in [2.75, 3.05) is 6.61 Å². The van der Waals surface area contributed by atoms with Gasteiger partial charge in [0.05, 0.1) is 5.41 Å². The summed E-state index contributed by atoms with van der Waals surface area (Å²) in [6.07, 6.45) is -3.35. The van der Waals surface area contributed by atoms with Gasteiger partial charge in [0, 0.05) is 11.6 Å². The molecule has 7 nitrogen and oxygen atoms in total. The summed E-state index contributed by atoms with van der Waals surface area (Å²) in [6, 6.07) is 0. The third-order valence-corrected chi connectivity index (χ3v) is 3.11. The fraction of sp³-hybridized carbons (Fsp3) is 0.692. The van der Waals surface area contributed by atoms with Crippen LogP contribution in [0.2, 0.25) is 0 Å². The van der Waals surface area contributed by atoms with Gasteiger partial charge in [-0.3, -0.25) is 4.79 Å². The molecule has 2 heterocycles. The molecule has 0 aliphatic carbocycles. The Morgan fingerprint density at radius 1 is 1.40 bits per heavy atom. The number of rotatable bonds is 2. The first-order chi connectivity index (χ1) is 9.20. The van der Waals surface area contributed by atoms with E-state index in [2.05, 4.69) is 0 Å². The van der Waals surface area contributed by atoms with Gasteiger partial charge in [-0.05, 0) is 20.8 Å². The largest absolute Gasteiger partial charge is 0.462 e. The molecule has 0 aromatic carbocycles. The lowest BCUT2D eigenvalue weighted by atomic mass is 9.96. The maximum absolute atomic E-state index is 11.7. The lowest BCUT2D eigenvalue weighted by molar-refractivity contribution is -0.234. The van der Waals surface area contributed by atoms with Crippen molar-refractivity contribution in [1.29, 1.82) is 0 Å². The van der Waals surface area contributed by atoms with Crippen molar-refractivity contribution in [2.45, 2.75) is 45.4 Å². The first-order valence-corrected chi connectivity index (χ1v) is 6.31. The van der Waals surface area contributed by atoms with Crippen molar-refractivity contribution in [1.82, 2.24) is 0 Å². The lowest BCUT2D eigenvalue weighted by Gasteiger charge is -2.35. The van der Waals surface area contributed by atoms with Gasteiger partial charge in [-0.1, -0.05) is 0 Å². The second kappa shape index (κ2) is 5.16. The van der Waals surface area contributed by atoms with Gasteiger partial charge in [-0.25, -0.2) is 4.79 Å². The minimum atomic E-state index is -1.38. The minimum Gasteiger partial charge on any atom is -0.462 e. The highest BCUT2D eigenvalue weighted by Crippen LogP contribution is 2.31. The van der Waals surface area contributed by atoms with E-state index in [4.69, 9.17) is 14.2 Å². The summed E-state index contributed by atoms with van der Waals surface area (Å²) in [4.78, 5) is 22.8. The van der Waals surface area contributed by atoms with Crippen molar-refractivity contribution in [3.05, 3.63) is 11.6 Å². The molecule has 2 aliphatic heterocycles. The molecule has 0 unspecified atom stereocenters. The third-order valence-electron chi connectivity index (χ3n) is 3.11. The van der Waals surface area contributed by atoms with Gasteiger partial charge in [0.1, 0.15) is 18.8 Å². The number of hydrogen-bond acceptors (Lipinski definition) is 7. The number of aliphatic hydroxyl groups excluding tert-OH is 2. The normalized spacial score (nSPS) is 33.2. The molecule has 112 valence electrons. The van der Waals surface area contributed by atoms with Crippen LogP contribution in [-0.4, -0.2) is 53.4 Å². The summed E-state index contributed by atoms with van der Waals surface area (Å²) in [5, 5.41) is 19.8. The summed E-state index contributed by atoms with van der Waals surface area (Å²) in [7, 11) is 0. The molecule has 0 saturated carbocycles. The zero-order valence-corrected chi connectivity index (χ0v) is 11.5. The molecule has 2 aliphatic rings. The Hall–Kier alpha value is -1.44. The number of carbonyl (C=O) groups excluding carboxylic acids is 2. The van der Waals surface area contributed by atoms with Crippen molar-refractivity contribution in [3.63, 3.8) is 0 Å². The number of ether oxygens (including phenoxy) is 3. The Morgan fingerprint density at radius 3 is 2.65 bits per heavy atom. The van der Waals surface area contributed by atoms with Gasteiger partial charge < -0.3 is 24.4 Å². The van der Waals surface area contributed by atoms with Crippen LogP contribution < -0.4 is 0 Å². The molecular formula is C13H18O7. The number of aliphatic hydroxyl groups is 2. The standard InChI is InChI=1S/C13H18O7/c1-13(2,3)12(17)18-5-7-9(15)6-4-8(14)20-10(6)11(16)19-7/h4,7,9-11,15-16H,5H2,1-3H3/t7-,9+,10-,11+/m1/s1. The van der Waals surface area contributed by atoms with E-state index in [0.29, 0.717) is 0 Å². The molecule has 2 N–H and O–H groups in total. The Morgan fingerprint density at radius 2 is 2.05 bits per heavy atom. The monoisotopic (exact) mass is 286 g/mol. The van der Waals surface area contributed by atoms with Crippen LogP contribution in [-0.2, 0) is 23.8 Å². The summed E-state index contributed by atoms with van der Waals surface area (Å²) in [6.45, 7) is 4.88. The van der Waals surface area contributed by atoms with Crippen LogP contribution in [0.5, 0.6) is 0 Å². The Labute approximate surface area is 116 Å². The molecule has 0 aromatic heterocycles. The second-order valence-electron chi connectivity index (χ2n) is 5.86. The van der Waals surface area contributed by atoms with Crippen LogP contribution in [0.15, 0.2) is 11.6 Å². The van der Waals surface area contributed by atoms with Crippen LogP contribution >= 0.6 is 0 Å². The van der Waals surface area contributed by atoms with Crippen LogP contribution in [0.1, 0.15) is 20.8 Å². The molecule has 0 amide bonds. The predicted octanol–water partition coefficient (Wildman–Crippen LogP) is -0.494. The average Bonchev–Trinajstić information content (AvgIpc) is 2.73. The Balaban J connectivity index is 2.01. The van der Waals surface area contributed by atoms with E-state index >= 15 is 0 Å². The zero-order valence-electron chi connectivity index (χ0n) is 11.5. The smallest absolute Gasteiger partial charge is 0.331 e. The molecule has 0 spiro atoms. The number of hydrogen-bond donors (Lipinski definition) is 2. The predicted molar refractivity (Wildman–Crippen MR) is 65.3 cm³/mol. The fourth-order valence-corrected chi connectivity index (χ4v) is 1.97. The molecule has 20 heavy (non-hydrogen) atoms. The maximum atomic E-state index is 11.7. The average molecular weight is 286 g/mol. The van der Waals surface area contributed by atoms with Crippen molar-refractivity contribution in [3.8, 4) is 0 Å². The van der Waals surface area contributed by atoms with Gasteiger partial charge in [-0.15, -0.1) is 0 Å². The van der Waals surface area contributed by atoms with Gasteiger partial charge in [0.2, 0.25) is 0 Å². The van der Waals surface area contributed by atoms with E-state index in [0.717, 1.165) is 6.08 Å². The quantitative estimate of drug-likeness (QED) is 0.660. The highest BCUT2D eigenvalue weighted by atomic mass is 16.7. The van der Waals surface area contributed by atoms with E-state index < -0.39 is 42.0 Å². The molecule has 7 heteroatoms. The molecule has 0 bridgehead atoms. The van der Waals surface area contributed by atoms with E-state index in [1.807, 2.05) is 0 Å². The molecule has 2 rings (SSSR count). The first kappa shape index (κ1) is 15.0. The molecule has 1 saturated heterocycles. The van der Waals surface area contributed by atoms with E-state index in [-0.39, 0.29) is 12.2 Å². The highest BCUT2D eigenvalue weighted by Gasteiger charge is 2.46. The lowest BCUT2D eigenvalue weighted by Crippen LogP contribution is -2.50. The van der Waals surface area contributed by atoms with Crippen molar-refractivity contribution in [2.24, 2.45) is 5.41 Å². The Kier molecular flexibility index (Phi) is 3.86. The third kappa shape index (κ3) is 2.84.